The number of benzene rings is 1. The number of carbonyl (C=O) groups excluding carboxylic acids is 1. The lowest BCUT2D eigenvalue weighted by atomic mass is 9.99. The first-order valence-corrected chi connectivity index (χ1v) is 11.1. The van der Waals surface area contributed by atoms with Crippen LogP contribution in [0, 0.1) is 0 Å². The molecule has 1 aliphatic carbocycles. The minimum atomic E-state index is -0.203. The van der Waals surface area contributed by atoms with Crippen molar-refractivity contribution in [2.24, 2.45) is 0 Å². The zero-order valence-electron chi connectivity index (χ0n) is 18.0. The lowest BCUT2D eigenvalue weighted by Crippen LogP contribution is -2.39. The van der Waals surface area contributed by atoms with E-state index in [0.717, 1.165) is 65.1 Å². The van der Waals surface area contributed by atoms with Crippen molar-refractivity contribution < 1.29 is 9.53 Å². The molecule has 1 amide bonds. The Bertz CT molecular complexity index is 1240. The fourth-order valence-corrected chi connectivity index (χ4v) is 4.96. The van der Waals surface area contributed by atoms with Gasteiger partial charge in [0.1, 0.15) is 11.9 Å². The molecule has 6 nitrogen and oxygen atoms in total. The van der Waals surface area contributed by atoms with Crippen molar-refractivity contribution in [2.75, 3.05) is 20.3 Å². The Kier molecular flexibility index (Phi) is 4.25. The van der Waals surface area contributed by atoms with Crippen LogP contribution in [0.5, 0.6) is 0 Å². The largest absolute Gasteiger partial charge is 0.377 e. The Morgan fingerprint density at radius 2 is 2.10 bits per heavy atom. The van der Waals surface area contributed by atoms with Crippen LogP contribution in [0.4, 0.5) is 0 Å². The molecule has 3 aliphatic rings. The topological polar surface area (TPSA) is 60.3 Å². The average molecular weight is 415 g/mol. The molecular weight excluding hydrogens is 388 g/mol. The smallest absolute Gasteiger partial charge is 0.245 e. The summed E-state index contributed by atoms with van der Waals surface area (Å²) in [4.78, 5) is 24.4. The van der Waals surface area contributed by atoms with Gasteiger partial charge in [0.2, 0.25) is 5.91 Å². The van der Waals surface area contributed by atoms with E-state index in [0.29, 0.717) is 19.1 Å². The molecule has 31 heavy (non-hydrogen) atoms. The van der Waals surface area contributed by atoms with E-state index in [-0.39, 0.29) is 11.9 Å². The normalized spacial score (nSPS) is 21.4. The number of hydrogen-bond acceptors (Lipinski definition) is 4. The molecule has 4 heterocycles. The Hall–Kier alpha value is -2.99. The number of rotatable bonds is 3. The predicted molar refractivity (Wildman–Crippen MR) is 120 cm³/mol. The average Bonchev–Trinajstić information content (AvgIpc) is 3.58. The number of hydrogen-bond donors (Lipinski definition) is 0. The van der Waals surface area contributed by atoms with Crippen LogP contribution in [0.25, 0.3) is 27.6 Å². The van der Waals surface area contributed by atoms with E-state index in [1.54, 1.807) is 0 Å². The zero-order valence-corrected chi connectivity index (χ0v) is 18.0. The van der Waals surface area contributed by atoms with Crippen molar-refractivity contribution in [3.63, 3.8) is 0 Å². The maximum atomic E-state index is 12.7. The van der Waals surface area contributed by atoms with Crippen LogP contribution in [0.3, 0.4) is 0 Å². The zero-order chi connectivity index (χ0) is 21.1. The summed E-state index contributed by atoms with van der Waals surface area (Å²) in [5.74, 6) is 1.71. The van der Waals surface area contributed by atoms with Crippen molar-refractivity contribution in [3.8, 4) is 11.3 Å². The van der Waals surface area contributed by atoms with Crippen LogP contribution >= 0.6 is 0 Å². The van der Waals surface area contributed by atoms with Gasteiger partial charge in [0.15, 0.2) is 0 Å². The van der Waals surface area contributed by atoms with Crippen LogP contribution in [0.2, 0.25) is 0 Å². The van der Waals surface area contributed by atoms with E-state index in [1.807, 2.05) is 25.1 Å². The van der Waals surface area contributed by atoms with Crippen molar-refractivity contribution in [2.45, 2.75) is 44.7 Å². The van der Waals surface area contributed by atoms with Gasteiger partial charge in [-0.05, 0) is 43.2 Å². The summed E-state index contributed by atoms with van der Waals surface area (Å²) in [5, 5.41) is 2.27. The quantitative estimate of drug-likeness (QED) is 0.641. The maximum Gasteiger partial charge on any atom is 0.245 e. The second-order valence-electron chi connectivity index (χ2n) is 8.93. The number of carbonyl (C=O) groups is 1. The van der Waals surface area contributed by atoms with Crippen LogP contribution in [-0.2, 0) is 16.1 Å². The third-order valence-electron chi connectivity index (χ3n) is 6.80. The van der Waals surface area contributed by atoms with Crippen LogP contribution in [0.1, 0.15) is 55.4 Å². The summed E-state index contributed by atoms with van der Waals surface area (Å²) >= 11 is 0. The van der Waals surface area contributed by atoms with Gasteiger partial charge in [-0.25, -0.2) is 4.98 Å². The second-order valence-corrected chi connectivity index (χ2v) is 8.93. The summed E-state index contributed by atoms with van der Waals surface area (Å²) in [5.41, 5.74) is 5.52. The lowest BCUT2D eigenvalue weighted by Gasteiger charge is -2.31. The third-order valence-corrected chi connectivity index (χ3v) is 6.80. The Labute approximate surface area is 181 Å². The van der Waals surface area contributed by atoms with Gasteiger partial charge in [-0.1, -0.05) is 24.3 Å². The van der Waals surface area contributed by atoms with E-state index in [4.69, 9.17) is 14.7 Å². The van der Waals surface area contributed by atoms with Gasteiger partial charge < -0.3 is 14.2 Å². The van der Waals surface area contributed by atoms with E-state index >= 15 is 0 Å². The lowest BCUT2D eigenvalue weighted by molar-refractivity contribution is -0.135. The molecule has 1 atom stereocenters. The summed E-state index contributed by atoms with van der Waals surface area (Å²) in [6.45, 7) is 4.00. The Balaban J connectivity index is 1.51. The van der Waals surface area contributed by atoms with Gasteiger partial charge in [-0.15, -0.1) is 0 Å². The van der Waals surface area contributed by atoms with Crippen LogP contribution in [0.15, 0.2) is 36.5 Å². The molecular formula is C25H26N4O2. The molecule has 3 aromatic rings. The van der Waals surface area contributed by atoms with Gasteiger partial charge in [-0.3, -0.25) is 9.78 Å². The number of amides is 1. The fraction of sp³-hybridized carbons (Fsp3) is 0.400. The monoisotopic (exact) mass is 414 g/mol. The van der Waals surface area contributed by atoms with Crippen molar-refractivity contribution >= 4 is 22.3 Å². The number of likely N-dealkylation sites (N-methyl/N-ethyl adjacent to an activating group) is 1. The molecule has 0 unspecified atom stereocenters. The van der Waals surface area contributed by atoms with Crippen molar-refractivity contribution in [1.29, 1.82) is 0 Å². The highest BCUT2D eigenvalue weighted by Gasteiger charge is 2.38. The third kappa shape index (κ3) is 3.00. The van der Waals surface area contributed by atoms with E-state index in [2.05, 4.69) is 34.9 Å². The molecule has 1 aromatic carbocycles. The number of pyridine rings is 1. The molecule has 0 radical (unpaired) electrons. The Morgan fingerprint density at radius 3 is 2.87 bits per heavy atom. The summed E-state index contributed by atoms with van der Waals surface area (Å²) in [6.07, 6.45) is 7.33. The molecule has 6 heteroatoms. The molecule has 0 N–H and O–H groups in total. The van der Waals surface area contributed by atoms with Gasteiger partial charge in [-0.2, -0.15) is 0 Å². The maximum absolute atomic E-state index is 12.7. The van der Waals surface area contributed by atoms with E-state index < -0.39 is 0 Å². The minimum absolute atomic E-state index is 0.160. The van der Waals surface area contributed by atoms with Gasteiger partial charge in [0.25, 0.3) is 0 Å². The van der Waals surface area contributed by atoms with Crippen LogP contribution in [-0.4, -0.2) is 45.6 Å². The van der Waals surface area contributed by atoms with E-state index in [1.165, 1.54) is 5.57 Å². The second kappa shape index (κ2) is 7.02. The molecule has 158 valence electrons. The van der Waals surface area contributed by atoms with Gasteiger partial charge in [0.05, 0.1) is 36.8 Å². The first-order chi connectivity index (χ1) is 15.1. The summed E-state index contributed by atoms with van der Waals surface area (Å²) in [6, 6.07) is 8.36. The molecule has 1 saturated carbocycles. The number of imidazole rings is 1. The molecule has 2 aromatic heterocycles. The number of nitrogens with zero attached hydrogens (tertiary/aromatic N) is 4. The first-order valence-electron chi connectivity index (χ1n) is 11.1. The molecule has 0 bridgehead atoms. The molecule has 6 rings (SSSR count). The van der Waals surface area contributed by atoms with Gasteiger partial charge >= 0.3 is 0 Å². The summed E-state index contributed by atoms with van der Waals surface area (Å²) in [7, 11) is 1.88. The van der Waals surface area contributed by atoms with Crippen molar-refractivity contribution in [3.05, 3.63) is 53.8 Å². The molecule has 1 fully saturated rings. The fourth-order valence-electron chi connectivity index (χ4n) is 4.96. The molecule has 0 spiro atoms. The predicted octanol–water partition coefficient (Wildman–Crippen LogP) is 4.31. The molecule has 2 aliphatic heterocycles. The SMILES string of the molecule is C[C@H]1C(=O)N(C)Cc2c(-c3cccc4cc(C5=CCOCC5)ncc34)nc(C3CC3)n21. The highest BCUT2D eigenvalue weighted by Crippen LogP contribution is 2.45. The first kappa shape index (κ1) is 18.8. The summed E-state index contributed by atoms with van der Waals surface area (Å²) < 4.78 is 7.66. The van der Waals surface area contributed by atoms with Crippen LogP contribution < -0.4 is 0 Å². The minimum Gasteiger partial charge on any atom is -0.377 e. The number of aromatic nitrogens is 3. The van der Waals surface area contributed by atoms with E-state index in [9.17, 15) is 4.79 Å². The molecule has 0 saturated heterocycles. The Morgan fingerprint density at radius 1 is 1.23 bits per heavy atom. The number of ether oxygens (including phenoxy) is 1. The number of fused-ring (bicyclic) bond motifs is 2. The van der Waals surface area contributed by atoms with Crippen molar-refractivity contribution in [1.82, 2.24) is 19.4 Å². The highest BCUT2D eigenvalue weighted by molar-refractivity contribution is 5.97. The van der Waals surface area contributed by atoms with Gasteiger partial charge in [0, 0.05) is 30.1 Å². The highest BCUT2D eigenvalue weighted by atomic mass is 16.5. The standard InChI is InChI=1S/C25H26N4O2/c1-15-25(30)28(2)14-22-23(27-24(29(15)22)17-6-7-17)19-5-3-4-18-12-21(26-13-20(18)19)16-8-10-31-11-9-16/h3-5,8,12-13,15,17H,6-7,9-11,14H2,1-2H3/t15-/m0/s1.